The fraction of sp³-hybridized carbons (Fsp3) is 0.471. The van der Waals surface area contributed by atoms with Crippen molar-refractivity contribution < 1.29 is 14.3 Å². The first-order chi connectivity index (χ1) is 10.9. The minimum absolute atomic E-state index is 0.0966. The minimum atomic E-state index is -0.378. The van der Waals surface area contributed by atoms with Gasteiger partial charge < -0.3 is 14.6 Å². The quantitative estimate of drug-likeness (QED) is 0.831. The Hall–Kier alpha value is -2.37. The SMILES string of the molecule is COC(=O)CCC(=O)NCc1ccc2c(c1)nc(C)n2C(C)C. The lowest BCUT2D eigenvalue weighted by atomic mass is 10.2. The summed E-state index contributed by atoms with van der Waals surface area (Å²) in [6.45, 7) is 6.67. The van der Waals surface area contributed by atoms with Crippen LogP contribution >= 0.6 is 0 Å². The Bertz CT molecular complexity index is 719. The Labute approximate surface area is 135 Å². The Morgan fingerprint density at radius 1 is 1.30 bits per heavy atom. The first-order valence-electron chi connectivity index (χ1n) is 7.73. The number of amides is 1. The Morgan fingerprint density at radius 3 is 2.70 bits per heavy atom. The number of carbonyl (C=O) groups excluding carboxylic acids is 2. The lowest BCUT2D eigenvalue weighted by Gasteiger charge is -2.11. The zero-order chi connectivity index (χ0) is 17.0. The lowest BCUT2D eigenvalue weighted by Crippen LogP contribution is -2.23. The summed E-state index contributed by atoms with van der Waals surface area (Å²) in [7, 11) is 1.31. The number of methoxy groups -OCH3 is 1. The summed E-state index contributed by atoms with van der Waals surface area (Å²) >= 11 is 0. The van der Waals surface area contributed by atoms with Crippen molar-refractivity contribution in [1.82, 2.24) is 14.9 Å². The summed E-state index contributed by atoms with van der Waals surface area (Å²) in [5, 5.41) is 2.81. The van der Waals surface area contributed by atoms with Gasteiger partial charge in [0, 0.05) is 19.0 Å². The van der Waals surface area contributed by atoms with Gasteiger partial charge in [0.05, 0.1) is 24.6 Å². The monoisotopic (exact) mass is 317 g/mol. The molecule has 0 fully saturated rings. The number of hydrogen-bond acceptors (Lipinski definition) is 4. The second-order valence-corrected chi connectivity index (χ2v) is 5.80. The van der Waals surface area contributed by atoms with Gasteiger partial charge in [-0.05, 0) is 38.5 Å². The van der Waals surface area contributed by atoms with Gasteiger partial charge in [0.25, 0.3) is 0 Å². The number of benzene rings is 1. The fourth-order valence-corrected chi connectivity index (χ4v) is 2.63. The van der Waals surface area contributed by atoms with E-state index in [0.29, 0.717) is 12.6 Å². The molecule has 0 saturated heterocycles. The first-order valence-corrected chi connectivity index (χ1v) is 7.73. The summed E-state index contributed by atoms with van der Waals surface area (Å²) in [5.41, 5.74) is 3.01. The number of esters is 1. The van der Waals surface area contributed by atoms with E-state index in [9.17, 15) is 9.59 Å². The van der Waals surface area contributed by atoms with Crippen LogP contribution in [0.1, 0.15) is 44.1 Å². The third-order valence-corrected chi connectivity index (χ3v) is 3.72. The number of fused-ring (bicyclic) bond motifs is 1. The van der Waals surface area contributed by atoms with E-state index in [-0.39, 0.29) is 24.7 Å². The predicted octanol–water partition coefficient (Wildman–Crippen LogP) is 2.50. The Morgan fingerprint density at radius 2 is 2.04 bits per heavy atom. The van der Waals surface area contributed by atoms with Crippen LogP contribution in [-0.4, -0.2) is 28.5 Å². The van der Waals surface area contributed by atoms with Crippen LogP contribution in [0.15, 0.2) is 18.2 Å². The highest BCUT2D eigenvalue weighted by atomic mass is 16.5. The largest absolute Gasteiger partial charge is 0.469 e. The van der Waals surface area contributed by atoms with Crippen LogP contribution in [0.25, 0.3) is 11.0 Å². The number of aromatic nitrogens is 2. The van der Waals surface area contributed by atoms with E-state index >= 15 is 0 Å². The van der Waals surface area contributed by atoms with E-state index in [1.54, 1.807) is 0 Å². The van der Waals surface area contributed by atoms with Crippen LogP contribution in [0.4, 0.5) is 0 Å². The van der Waals surface area contributed by atoms with E-state index in [1.165, 1.54) is 7.11 Å². The topological polar surface area (TPSA) is 73.2 Å². The number of ether oxygens (including phenoxy) is 1. The zero-order valence-corrected chi connectivity index (χ0v) is 14.0. The molecule has 0 aliphatic rings. The third kappa shape index (κ3) is 4.09. The van der Waals surface area contributed by atoms with Gasteiger partial charge >= 0.3 is 5.97 Å². The maximum atomic E-state index is 11.7. The van der Waals surface area contributed by atoms with Gasteiger partial charge in [-0.3, -0.25) is 9.59 Å². The summed E-state index contributed by atoms with van der Waals surface area (Å²) in [6, 6.07) is 6.36. The van der Waals surface area contributed by atoms with Crippen LogP contribution in [0.5, 0.6) is 0 Å². The molecule has 0 saturated carbocycles. The molecule has 2 aromatic rings. The molecule has 1 heterocycles. The van der Waals surface area contributed by atoms with Gasteiger partial charge in [-0.15, -0.1) is 0 Å². The number of rotatable bonds is 6. The zero-order valence-electron chi connectivity index (χ0n) is 14.0. The van der Waals surface area contributed by atoms with Crippen molar-refractivity contribution in [3.8, 4) is 0 Å². The van der Waals surface area contributed by atoms with Crippen molar-refractivity contribution in [2.75, 3.05) is 7.11 Å². The molecule has 1 aromatic carbocycles. The molecule has 23 heavy (non-hydrogen) atoms. The third-order valence-electron chi connectivity index (χ3n) is 3.72. The number of imidazole rings is 1. The molecule has 6 nitrogen and oxygen atoms in total. The molecule has 0 bridgehead atoms. The summed E-state index contributed by atoms with van der Waals surface area (Å²) in [5.74, 6) is 0.435. The van der Waals surface area contributed by atoms with Crippen molar-refractivity contribution in [1.29, 1.82) is 0 Å². The smallest absolute Gasteiger partial charge is 0.306 e. The molecule has 1 aromatic heterocycles. The molecular formula is C17H23N3O3. The van der Waals surface area contributed by atoms with Gasteiger partial charge in [0.1, 0.15) is 5.82 Å². The predicted molar refractivity (Wildman–Crippen MR) is 88.0 cm³/mol. The van der Waals surface area contributed by atoms with Crippen LogP contribution < -0.4 is 5.32 Å². The Kier molecular flexibility index (Phi) is 5.36. The van der Waals surface area contributed by atoms with E-state index in [2.05, 4.69) is 33.5 Å². The maximum absolute atomic E-state index is 11.7. The van der Waals surface area contributed by atoms with Gasteiger partial charge in [0.2, 0.25) is 5.91 Å². The van der Waals surface area contributed by atoms with E-state index in [4.69, 9.17) is 0 Å². The van der Waals surface area contributed by atoms with Crippen molar-refractivity contribution in [2.24, 2.45) is 0 Å². The summed E-state index contributed by atoms with van der Waals surface area (Å²) in [4.78, 5) is 27.3. The van der Waals surface area contributed by atoms with Crippen molar-refractivity contribution in [3.05, 3.63) is 29.6 Å². The van der Waals surface area contributed by atoms with Crippen molar-refractivity contribution >= 4 is 22.9 Å². The summed E-state index contributed by atoms with van der Waals surface area (Å²) in [6.07, 6.45) is 0.232. The molecule has 0 aliphatic carbocycles. The molecule has 0 atom stereocenters. The first kappa shape index (κ1) is 17.0. The molecule has 0 radical (unpaired) electrons. The highest BCUT2D eigenvalue weighted by molar-refractivity contribution is 5.81. The van der Waals surface area contributed by atoms with Crippen LogP contribution in [0.2, 0.25) is 0 Å². The second-order valence-electron chi connectivity index (χ2n) is 5.80. The molecule has 124 valence electrons. The van der Waals surface area contributed by atoms with Crippen LogP contribution in [-0.2, 0) is 20.9 Å². The van der Waals surface area contributed by atoms with Gasteiger partial charge in [-0.1, -0.05) is 6.07 Å². The minimum Gasteiger partial charge on any atom is -0.469 e. The summed E-state index contributed by atoms with van der Waals surface area (Å²) < 4.78 is 6.70. The lowest BCUT2D eigenvalue weighted by molar-refractivity contribution is -0.142. The molecule has 2 rings (SSSR count). The van der Waals surface area contributed by atoms with Gasteiger partial charge in [-0.25, -0.2) is 4.98 Å². The maximum Gasteiger partial charge on any atom is 0.306 e. The molecule has 0 unspecified atom stereocenters. The van der Waals surface area contributed by atoms with Gasteiger partial charge in [0.15, 0.2) is 0 Å². The van der Waals surface area contributed by atoms with E-state index < -0.39 is 0 Å². The average molecular weight is 317 g/mol. The van der Waals surface area contributed by atoms with E-state index in [0.717, 1.165) is 22.4 Å². The van der Waals surface area contributed by atoms with E-state index in [1.807, 2.05) is 25.1 Å². The number of hydrogen-bond donors (Lipinski definition) is 1. The molecule has 1 N–H and O–H groups in total. The number of carbonyl (C=O) groups is 2. The molecule has 6 heteroatoms. The number of nitrogens with zero attached hydrogens (tertiary/aromatic N) is 2. The molecule has 1 amide bonds. The second kappa shape index (κ2) is 7.26. The number of nitrogens with one attached hydrogen (secondary N) is 1. The van der Waals surface area contributed by atoms with Crippen molar-refractivity contribution in [3.63, 3.8) is 0 Å². The molecule has 0 aliphatic heterocycles. The van der Waals surface area contributed by atoms with Crippen LogP contribution in [0, 0.1) is 6.92 Å². The molecule has 0 spiro atoms. The van der Waals surface area contributed by atoms with Crippen molar-refractivity contribution in [2.45, 2.75) is 46.2 Å². The average Bonchev–Trinajstić information content (AvgIpc) is 2.85. The van der Waals surface area contributed by atoms with Gasteiger partial charge in [-0.2, -0.15) is 0 Å². The number of aryl methyl sites for hydroxylation is 1. The van der Waals surface area contributed by atoms with Crippen LogP contribution in [0.3, 0.4) is 0 Å². The fourth-order valence-electron chi connectivity index (χ4n) is 2.63. The highest BCUT2D eigenvalue weighted by Crippen LogP contribution is 2.21. The Balaban J connectivity index is 2.02. The normalized spacial score (nSPS) is 11.0. The molecular weight excluding hydrogens is 294 g/mol. The highest BCUT2D eigenvalue weighted by Gasteiger charge is 2.11. The standard InChI is InChI=1S/C17H23N3O3/c1-11(2)20-12(3)19-14-9-13(5-6-15(14)20)10-18-16(21)7-8-17(22)23-4/h5-6,9,11H,7-8,10H2,1-4H3,(H,18,21).